The summed E-state index contributed by atoms with van der Waals surface area (Å²) in [5.74, 6) is 0.379. The number of urea groups is 1. The van der Waals surface area contributed by atoms with Crippen LogP contribution in [0.1, 0.15) is 37.9 Å². The third-order valence-electron chi connectivity index (χ3n) is 6.64. The van der Waals surface area contributed by atoms with Gasteiger partial charge in [0.25, 0.3) is 0 Å². The minimum Gasteiger partial charge on any atom is -0.351 e. The van der Waals surface area contributed by atoms with E-state index in [1.165, 1.54) is 5.56 Å². The van der Waals surface area contributed by atoms with Crippen LogP contribution < -0.4 is 10.2 Å². The maximum absolute atomic E-state index is 13.1. The second-order valence-electron chi connectivity index (χ2n) is 9.39. The largest absolute Gasteiger partial charge is 0.434 e. The zero-order chi connectivity index (χ0) is 25.2. The smallest absolute Gasteiger partial charge is 0.351 e. The molecule has 1 aromatic carbocycles. The highest BCUT2D eigenvalue weighted by molar-refractivity contribution is 6.30. The normalized spacial score (nSPS) is 22.3. The van der Waals surface area contributed by atoms with Crippen LogP contribution in [0, 0.1) is 0 Å². The molecule has 4 rings (SSSR count). The van der Waals surface area contributed by atoms with Gasteiger partial charge in [0.2, 0.25) is 0 Å². The molecule has 2 aliphatic rings. The van der Waals surface area contributed by atoms with Crippen molar-refractivity contribution < 1.29 is 18.0 Å². The molecule has 2 aliphatic heterocycles. The van der Waals surface area contributed by atoms with Gasteiger partial charge in [0.05, 0.1) is 12.4 Å². The van der Waals surface area contributed by atoms with E-state index in [0.29, 0.717) is 18.9 Å². The molecule has 1 aromatic heterocycles. The lowest BCUT2D eigenvalue weighted by molar-refractivity contribution is -0.141. The van der Waals surface area contributed by atoms with E-state index in [1.807, 2.05) is 47.9 Å². The number of piperidine rings is 1. The molecule has 0 saturated carbocycles. The maximum Gasteiger partial charge on any atom is 0.434 e. The number of piperazine rings is 1. The standard InChI is InChI=1S/C24H30ClF3N6O/c1-16-13-33(22-12-29-21(11-30-22)24(26,27)28)14-17(2)34(16)23(35)31-20-7-9-32(10-8-20)15-18-3-5-19(25)6-4-18/h3-6,11-12,16-17,20H,7-10,13-15H2,1-2H3,(H,31,35)/t16-,17-/m1/s1. The highest BCUT2D eigenvalue weighted by atomic mass is 35.5. The molecule has 0 radical (unpaired) electrons. The lowest BCUT2D eigenvalue weighted by Gasteiger charge is -2.45. The number of hydrogen-bond acceptors (Lipinski definition) is 5. The Bertz CT molecular complexity index is 984. The van der Waals surface area contributed by atoms with Gasteiger partial charge < -0.3 is 15.1 Å². The lowest BCUT2D eigenvalue weighted by Crippen LogP contribution is -2.62. The van der Waals surface area contributed by atoms with Gasteiger partial charge in [-0.2, -0.15) is 13.2 Å². The highest BCUT2D eigenvalue weighted by Crippen LogP contribution is 2.28. The molecule has 2 atom stereocenters. The van der Waals surface area contributed by atoms with Crippen LogP contribution in [-0.4, -0.2) is 70.1 Å². The number of halogens is 4. The number of carbonyl (C=O) groups excluding carboxylic acids is 1. The fourth-order valence-electron chi connectivity index (χ4n) is 4.87. The van der Waals surface area contributed by atoms with Crippen molar-refractivity contribution in [2.24, 2.45) is 0 Å². The second kappa shape index (κ2) is 10.6. The quantitative estimate of drug-likeness (QED) is 0.659. The van der Waals surface area contributed by atoms with Crippen LogP contribution in [0.15, 0.2) is 36.7 Å². The predicted octanol–water partition coefficient (Wildman–Crippen LogP) is 4.42. The Labute approximate surface area is 208 Å². The van der Waals surface area contributed by atoms with Crippen LogP contribution in [0.3, 0.4) is 0 Å². The summed E-state index contributed by atoms with van der Waals surface area (Å²) in [6.07, 6.45) is -0.861. The van der Waals surface area contributed by atoms with Gasteiger partial charge in [-0.1, -0.05) is 23.7 Å². The zero-order valence-electron chi connectivity index (χ0n) is 19.8. The number of hydrogen-bond donors (Lipinski definition) is 1. The average Bonchev–Trinajstić information content (AvgIpc) is 2.81. The summed E-state index contributed by atoms with van der Waals surface area (Å²) in [7, 11) is 0. The number of alkyl halides is 3. The minimum absolute atomic E-state index is 0.0979. The summed E-state index contributed by atoms with van der Waals surface area (Å²) in [5.41, 5.74) is 0.203. The molecular weight excluding hydrogens is 481 g/mol. The maximum atomic E-state index is 13.1. The molecule has 7 nitrogen and oxygen atoms in total. The number of aromatic nitrogens is 2. The molecule has 3 heterocycles. The van der Waals surface area contributed by atoms with Crippen molar-refractivity contribution >= 4 is 23.4 Å². The first-order valence-corrected chi connectivity index (χ1v) is 12.2. The molecule has 2 aromatic rings. The van der Waals surface area contributed by atoms with Crippen molar-refractivity contribution in [2.45, 2.75) is 57.5 Å². The van der Waals surface area contributed by atoms with Crippen molar-refractivity contribution in [2.75, 3.05) is 31.1 Å². The first kappa shape index (κ1) is 25.5. The Kier molecular flexibility index (Phi) is 7.70. The van der Waals surface area contributed by atoms with E-state index < -0.39 is 11.9 Å². The topological polar surface area (TPSA) is 64.6 Å². The number of nitrogens with one attached hydrogen (secondary N) is 1. The summed E-state index contributed by atoms with van der Waals surface area (Å²) in [6, 6.07) is 7.62. The number of carbonyl (C=O) groups is 1. The Morgan fingerprint density at radius 1 is 1.06 bits per heavy atom. The molecule has 0 aliphatic carbocycles. The van der Waals surface area contributed by atoms with E-state index in [1.54, 1.807) is 0 Å². The van der Waals surface area contributed by atoms with Gasteiger partial charge in [-0.15, -0.1) is 0 Å². The third kappa shape index (κ3) is 6.35. The van der Waals surface area contributed by atoms with E-state index in [9.17, 15) is 18.0 Å². The van der Waals surface area contributed by atoms with E-state index in [-0.39, 0.29) is 24.2 Å². The van der Waals surface area contributed by atoms with E-state index in [4.69, 9.17) is 11.6 Å². The van der Waals surface area contributed by atoms with Crippen molar-refractivity contribution in [3.8, 4) is 0 Å². The van der Waals surface area contributed by atoms with Crippen molar-refractivity contribution in [1.29, 1.82) is 0 Å². The van der Waals surface area contributed by atoms with E-state index in [2.05, 4.69) is 20.2 Å². The van der Waals surface area contributed by atoms with E-state index in [0.717, 1.165) is 49.9 Å². The molecule has 35 heavy (non-hydrogen) atoms. The number of anilines is 1. The molecule has 0 bridgehead atoms. The van der Waals surface area contributed by atoms with Crippen LogP contribution >= 0.6 is 11.6 Å². The SMILES string of the molecule is C[C@@H]1CN(c2cnc(C(F)(F)F)cn2)C[C@@H](C)N1C(=O)NC1CCN(Cc2ccc(Cl)cc2)CC1. The number of nitrogens with zero attached hydrogens (tertiary/aromatic N) is 5. The molecule has 0 spiro atoms. The van der Waals surface area contributed by atoms with E-state index >= 15 is 0 Å². The summed E-state index contributed by atoms with van der Waals surface area (Å²) in [6.45, 7) is 7.48. The summed E-state index contributed by atoms with van der Waals surface area (Å²) < 4.78 is 38.3. The molecule has 2 amide bonds. The van der Waals surface area contributed by atoms with Crippen molar-refractivity contribution in [3.05, 3.63) is 52.9 Å². The average molecular weight is 511 g/mol. The highest BCUT2D eigenvalue weighted by Gasteiger charge is 2.36. The Morgan fingerprint density at radius 3 is 2.23 bits per heavy atom. The molecular formula is C24H30ClF3N6O. The van der Waals surface area contributed by atoms with Crippen LogP contribution in [0.4, 0.5) is 23.8 Å². The molecule has 1 N–H and O–H groups in total. The zero-order valence-corrected chi connectivity index (χ0v) is 20.6. The van der Waals surface area contributed by atoms with Gasteiger partial charge in [-0.25, -0.2) is 14.8 Å². The summed E-state index contributed by atoms with van der Waals surface area (Å²) in [4.78, 5) is 26.7. The Morgan fingerprint density at radius 2 is 1.69 bits per heavy atom. The van der Waals surface area contributed by atoms with Crippen molar-refractivity contribution in [3.63, 3.8) is 0 Å². The van der Waals surface area contributed by atoms with Crippen molar-refractivity contribution in [1.82, 2.24) is 25.1 Å². The predicted molar refractivity (Wildman–Crippen MR) is 128 cm³/mol. The van der Waals surface area contributed by atoms with Gasteiger partial charge in [0, 0.05) is 55.9 Å². The number of benzene rings is 1. The molecule has 190 valence electrons. The Balaban J connectivity index is 1.27. The minimum atomic E-state index is -4.52. The fraction of sp³-hybridized carbons (Fsp3) is 0.542. The third-order valence-corrected chi connectivity index (χ3v) is 6.89. The summed E-state index contributed by atoms with van der Waals surface area (Å²) in [5, 5.41) is 3.92. The number of rotatable bonds is 4. The summed E-state index contributed by atoms with van der Waals surface area (Å²) >= 11 is 5.96. The fourth-order valence-corrected chi connectivity index (χ4v) is 5.00. The van der Waals surface area contributed by atoms with Gasteiger partial charge in [-0.3, -0.25) is 4.90 Å². The monoisotopic (exact) mass is 510 g/mol. The van der Waals surface area contributed by atoms with Crippen LogP contribution in [0.2, 0.25) is 5.02 Å². The first-order valence-electron chi connectivity index (χ1n) is 11.8. The molecule has 11 heteroatoms. The molecule has 0 unspecified atom stereocenters. The van der Waals surface area contributed by atoms with Gasteiger partial charge >= 0.3 is 12.2 Å². The van der Waals surface area contributed by atoms with Crippen LogP contribution in [0.5, 0.6) is 0 Å². The van der Waals surface area contributed by atoms with Gasteiger partial charge in [0.1, 0.15) is 5.82 Å². The molecule has 2 saturated heterocycles. The molecule has 2 fully saturated rings. The second-order valence-corrected chi connectivity index (χ2v) is 9.83. The van der Waals surface area contributed by atoms with Gasteiger partial charge in [-0.05, 0) is 44.4 Å². The van der Waals surface area contributed by atoms with Gasteiger partial charge in [0.15, 0.2) is 5.69 Å². The van der Waals surface area contributed by atoms with Crippen LogP contribution in [0.25, 0.3) is 0 Å². The number of likely N-dealkylation sites (tertiary alicyclic amines) is 1. The Hall–Kier alpha value is -2.59. The number of amides is 2. The van der Waals surface area contributed by atoms with Crippen LogP contribution in [-0.2, 0) is 12.7 Å². The first-order chi connectivity index (χ1) is 16.6. The lowest BCUT2D eigenvalue weighted by atomic mass is 10.0.